The molecule has 4 atom stereocenters. The number of aryl methyl sites for hydroxylation is 2. The van der Waals surface area contributed by atoms with E-state index < -0.39 is 74.4 Å². The van der Waals surface area contributed by atoms with Gasteiger partial charge in [-0.25, -0.2) is 0 Å². The Morgan fingerprint density at radius 3 is 1.25 bits per heavy atom. The normalized spacial score (nSPS) is 15.1. The molecule has 0 fully saturated rings. The molecular weight excluding hydrogens is 1270 g/mol. The molecule has 0 bridgehead atoms. The van der Waals surface area contributed by atoms with E-state index in [0.717, 1.165) is 151 Å². The summed E-state index contributed by atoms with van der Waals surface area (Å²) in [6.45, 7) is 20.7. The average Bonchev–Trinajstić information content (AvgIpc) is 0.720. The van der Waals surface area contributed by atoms with Crippen molar-refractivity contribution < 1.29 is 71.4 Å². The lowest BCUT2D eigenvalue weighted by atomic mass is 9.93. The fourth-order valence-electron chi connectivity index (χ4n) is 12.9. The summed E-state index contributed by atoms with van der Waals surface area (Å²) >= 11 is 0. The third kappa shape index (κ3) is 28.8. The molecule has 7 nitrogen and oxygen atoms in total. The number of alkyl halides is 13. The number of hydrogen-bond acceptors (Lipinski definition) is 7. The van der Waals surface area contributed by atoms with Crippen LogP contribution in [-0.4, -0.2) is 146 Å². The van der Waals surface area contributed by atoms with Crippen LogP contribution >= 0.6 is 0 Å². The molecule has 0 saturated carbocycles. The molecule has 0 heterocycles. The standard InChI is InChI=1S/C67H119F13N4O3Si4/c1-12-28-58(40-38-56(88-7)32-24-20-16-14-18-22-30-52-34-36-54(60(85)48-52)50-81-43-26-45-83(3)4)90(8,9)87-91(10,11)59(29-13-2)41-39-57(89-47-42-62(68,69)63(70,71)64(72,73)65(74,75)66(76,77)67(78,79)80)33-25-21-17-15-19-23-31-53-35-37-55(61(86)49-53)51-82-44-27-46-84(5)6/h34-37,48-49,56-59,81-82,85-86H,12-33,38-47,50-51,88-89H2,1-11H3. The first-order chi connectivity index (χ1) is 42.4. The van der Waals surface area contributed by atoms with Gasteiger partial charge in [-0.2, -0.15) is 57.1 Å². The van der Waals surface area contributed by atoms with Crippen molar-refractivity contribution in [3.63, 3.8) is 0 Å². The molecule has 91 heavy (non-hydrogen) atoms. The molecule has 0 radical (unpaired) electrons. The first-order valence-electron chi connectivity index (χ1n) is 34.4. The van der Waals surface area contributed by atoms with Crippen molar-refractivity contribution in [2.24, 2.45) is 0 Å². The Morgan fingerprint density at radius 1 is 0.484 bits per heavy atom. The van der Waals surface area contributed by atoms with E-state index in [9.17, 15) is 58.5 Å². The summed E-state index contributed by atoms with van der Waals surface area (Å²) in [5.74, 6) is -36.1. The van der Waals surface area contributed by atoms with E-state index in [4.69, 9.17) is 4.12 Å². The SMILES string of the molecule is CCCC(CCC(CCCCCCCCc1ccc(CNCCCN(C)C)c(O)c1)[SiH2]C)[Si](C)(C)O[Si](C)(C)C(CCC)CCC(CCCCCCCCc1ccc(CNCCCN(C)C)c(O)c1)[SiH2]CCC(F)(F)C(F)(F)C(F)(F)C(F)(F)C(F)(F)C(F)(F)F. The second kappa shape index (κ2) is 41.1. The highest BCUT2D eigenvalue weighted by atomic mass is 28.4. The second-order valence-corrected chi connectivity index (χ2v) is 41.2. The first-order valence-corrected chi connectivity index (χ1v) is 44.4. The summed E-state index contributed by atoms with van der Waals surface area (Å²) < 4.78 is 190. The van der Waals surface area contributed by atoms with Crippen LogP contribution < -0.4 is 10.6 Å². The number of halogens is 13. The molecule has 2 aromatic carbocycles. The van der Waals surface area contributed by atoms with Gasteiger partial charge in [-0.15, -0.1) is 0 Å². The second-order valence-electron chi connectivity index (χ2n) is 27.9. The number of nitrogens with zero attached hydrogens (tertiary/aromatic N) is 2. The lowest BCUT2D eigenvalue weighted by Crippen LogP contribution is -2.70. The van der Waals surface area contributed by atoms with Crippen molar-refractivity contribution in [2.45, 2.75) is 297 Å². The van der Waals surface area contributed by atoms with Crippen LogP contribution in [0.15, 0.2) is 36.4 Å². The quantitative estimate of drug-likeness (QED) is 0.0299. The zero-order valence-electron chi connectivity index (χ0n) is 57.3. The third-order valence-corrected chi connectivity index (χ3v) is 32.5. The Kier molecular flexibility index (Phi) is 38.4. The van der Waals surface area contributed by atoms with Gasteiger partial charge in [0.25, 0.3) is 0 Å². The van der Waals surface area contributed by atoms with Gasteiger partial charge >= 0.3 is 35.8 Å². The predicted octanol–water partition coefficient (Wildman–Crippen LogP) is 19.3. The molecule has 2 aromatic rings. The first kappa shape index (κ1) is 84.9. The molecule has 0 aliphatic rings. The highest BCUT2D eigenvalue weighted by Crippen LogP contribution is 2.61. The summed E-state index contributed by atoms with van der Waals surface area (Å²) in [6, 6.07) is 11.0. The number of rotatable bonds is 53. The van der Waals surface area contributed by atoms with Crippen molar-refractivity contribution in [3.05, 3.63) is 58.7 Å². The number of unbranched alkanes of at least 4 members (excludes halogenated alkanes) is 10. The molecule has 0 spiro atoms. The molecule has 24 heteroatoms. The molecule has 0 aliphatic heterocycles. The monoisotopic (exact) mass is 1390 g/mol. The van der Waals surface area contributed by atoms with Crippen molar-refractivity contribution >= 4 is 35.7 Å². The van der Waals surface area contributed by atoms with E-state index in [1.807, 2.05) is 38.4 Å². The van der Waals surface area contributed by atoms with Gasteiger partial charge in [0.2, 0.25) is 0 Å². The summed E-state index contributed by atoms with van der Waals surface area (Å²) in [4.78, 5) is 4.27. The van der Waals surface area contributed by atoms with Gasteiger partial charge < -0.3 is 34.8 Å². The smallest absolute Gasteiger partial charge is 0.460 e. The molecule has 532 valence electrons. The van der Waals surface area contributed by atoms with Gasteiger partial charge in [0.15, 0.2) is 16.6 Å². The fourth-order valence-corrected chi connectivity index (χ4v) is 27.0. The van der Waals surface area contributed by atoms with Gasteiger partial charge in [-0.05, 0) is 153 Å². The number of benzene rings is 2. The van der Waals surface area contributed by atoms with Crippen molar-refractivity contribution in [1.29, 1.82) is 0 Å². The molecule has 4 unspecified atom stereocenters. The van der Waals surface area contributed by atoms with E-state index in [0.29, 0.717) is 50.1 Å². The number of nitrogens with one attached hydrogen (secondary N) is 2. The Balaban J connectivity index is 2.08. The Labute approximate surface area is 546 Å². The highest BCUT2D eigenvalue weighted by Gasteiger charge is 2.90. The minimum absolute atomic E-state index is 0.129. The van der Waals surface area contributed by atoms with Gasteiger partial charge in [0, 0.05) is 49.7 Å². The van der Waals surface area contributed by atoms with Gasteiger partial charge in [-0.1, -0.05) is 190 Å². The lowest BCUT2D eigenvalue weighted by molar-refractivity contribution is -0.439. The Hall–Kier alpha value is -2.20. The van der Waals surface area contributed by atoms with Crippen molar-refractivity contribution in [3.8, 4) is 11.5 Å². The van der Waals surface area contributed by atoms with E-state index >= 15 is 8.78 Å². The molecule has 2 rings (SSSR count). The van der Waals surface area contributed by atoms with E-state index in [1.54, 1.807) is 6.07 Å². The van der Waals surface area contributed by atoms with Crippen LogP contribution in [0.5, 0.6) is 11.5 Å². The van der Waals surface area contributed by atoms with Crippen molar-refractivity contribution in [2.75, 3.05) is 54.4 Å². The van der Waals surface area contributed by atoms with Gasteiger partial charge in [-0.3, -0.25) is 0 Å². The summed E-state index contributed by atoms with van der Waals surface area (Å²) in [7, 11) is 1.20. The van der Waals surface area contributed by atoms with Crippen molar-refractivity contribution in [1.82, 2.24) is 20.4 Å². The zero-order valence-corrected chi connectivity index (χ0v) is 62.2. The maximum Gasteiger partial charge on any atom is 0.460 e. The van der Waals surface area contributed by atoms with E-state index in [-0.39, 0.29) is 26.4 Å². The highest BCUT2D eigenvalue weighted by molar-refractivity contribution is 6.86. The average molecular weight is 1390 g/mol. The van der Waals surface area contributed by atoms with Gasteiger partial charge in [0.1, 0.15) is 11.5 Å². The van der Waals surface area contributed by atoms with Crippen LogP contribution in [-0.2, 0) is 30.0 Å². The minimum atomic E-state index is -7.89. The predicted molar refractivity (Wildman–Crippen MR) is 361 cm³/mol. The zero-order chi connectivity index (χ0) is 68.7. The Bertz CT molecular complexity index is 2290. The maximum atomic E-state index is 15.1. The van der Waals surface area contributed by atoms with Crippen LogP contribution in [0.1, 0.15) is 197 Å². The van der Waals surface area contributed by atoms with Crippen LogP contribution in [0.3, 0.4) is 0 Å². The van der Waals surface area contributed by atoms with Crippen LogP contribution in [0.4, 0.5) is 57.1 Å². The molecule has 0 amide bonds. The lowest BCUT2D eigenvalue weighted by Gasteiger charge is -2.43. The van der Waals surface area contributed by atoms with Gasteiger partial charge in [0.05, 0.1) is 0 Å². The number of phenols is 2. The summed E-state index contributed by atoms with van der Waals surface area (Å²) in [5, 5.41) is 28.0. The summed E-state index contributed by atoms with van der Waals surface area (Å²) in [6.07, 6.45) is 15.1. The van der Waals surface area contributed by atoms with Crippen LogP contribution in [0, 0.1) is 0 Å². The minimum Gasteiger partial charge on any atom is -0.508 e. The fraction of sp³-hybridized carbons (Fsp3) is 0.821. The van der Waals surface area contributed by atoms with E-state index in [2.05, 4.69) is 87.2 Å². The van der Waals surface area contributed by atoms with E-state index in [1.165, 1.54) is 44.1 Å². The topological polar surface area (TPSA) is 80.2 Å². The maximum absolute atomic E-state index is 15.1. The third-order valence-electron chi connectivity index (χ3n) is 18.8. The number of aromatic hydroxyl groups is 2. The molecule has 0 aromatic heterocycles. The molecule has 4 N–H and O–H groups in total. The number of hydrogen-bond donors (Lipinski definition) is 4. The van der Waals surface area contributed by atoms with Crippen LogP contribution in [0.2, 0.25) is 60.9 Å². The largest absolute Gasteiger partial charge is 0.508 e. The Morgan fingerprint density at radius 2 is 0.868 bits per heavy atom. The van der Waals surface area contributed by atoms with Crippen LogP contribution in [0.25, 0.3) is 0 Å². The number of phenolic OH excluding ortho intramolecular Hbond substituents is 2. The molecule has 0 aliphatic carbocycles. The molecular formula is C67H119F13N4O3Si4. The summed E-state index contributed by atoms with van der Waals surface area (Å²) in [5.41, 5.74) is 4.98. The molecule has 0 saturated heterocycles.